The lowest BCUT2D eigenvalue weighted by Gasteiger charge is -2.13. The van der Waals surface area contributed by atoms with Gasteiger partial charge in [-0.15, -0.1) is 0 Å². The summed E-state index contributed by atoms with van der Waals surface area (Å²) in [6, 6.07) is 5.98. The molecule has 4 aromatic rings. The number of imidazole rings is 1. The number of aromatic nitrogens is 5. The van der Waals surface area contributed by atoms with Crippen LogP contribution in [0.3, 0.4) is 0 Å². The predicted molar refractivity (Wildman–Crippen MR) is 125 cm³/mol. The topological polar surface area (TPSA) is 101 Å². The molecular weight excluding hydrogens is 404 g/mol. The average molecular weight is 435 g/mol. The molecular formula is C24H30N6O2. The molecule has 2 N–H and O–H groups in total. The van der Waals surface area contributed by atoms with Crippen molar-refractivity contribution in [2.24, 2.45) is 5.92 Å². The molecule has 1 aromatic carbocycles. The normalized spacial score (nSPS) is 11.6. The van der Waals surface area contributed by atoms with E-state index in [1.807, 2.05) is 25.1 Å². The molecule has 3 aromatic heterocycles. The minimum atomic E-state index is 0.424. The van der Waals surface area contributed by atoms with Crippen molar-refractivity contribution >= 4 is 27.8 Å². The number of anilines is 1. The lowest BCUT2D eigenvalue weighted by Crippen LogP contribution is -2.10. The van der Waals surface area contributed by atoms with Crippen LogP contribution in [-0.4, -0.2) is 37.7 Å². The second-order valence-electron chi connectivity index (χ2n) is 8.19. The number of hydrogen-bond donors (Lipinski definition) is 1. The number of nitrogens with zero attached hydrogens (tertiary/aromatic N) is 5. The molecule has 0 radical (unpaired) electrons. The number of fused-ring (bicyclic) bond motifs is 3. The first-order valence-corrected chi connectivity index (χ1v) is 11.1. The Morgan fingerprint density at radius 1 is 1.16 bits per heavy atom. The van der Waals surface area contributed by atoms with E-state index in [2.05, 4.69) is 33.4 Å². The molecule has 32 heavy (non-hydrogen) atoms. The van der Waals surface area contributed by atoms with Crippen molar-refractivity contribution in [1.29, 1.82) is 0 Å². The van der Waals surface area contributed by atoms with Crippen LogP contribution < -0.4 is 10.5 Å². The molecule has 0 aliphatic carbocycles. The summed E-state index contributed by atoms with van der Waals surface area (Å²) in [6.45, 7) is 8.87. The molecule has 8 nitrogen and oxygen atoms in total. The van der Waals surface area contributed by atoms with Gasteiger partial charge in [-0.3, -0.25) is 9.97 Å². The van der Waals surface area contributed by atoms with E-state index >= 15 is 0 Å². The molecule has 0 bridgehead atoms. The Morgan fingerprint density at radius 3 is 2.78 bits per heavy atom. The molecule has 0 unspecified atom stereocenters. The third kappa shape index (κ3) is 4.80. The largest absolute Gasteiger partial charge is 0.494 e. The first kappa shape index (κ1) is 22.0. The number of pyridine rings is 1. The van der Waals surface area contributed by atoms with Gasteiger partial charge in [-0.05, 0) is 37.8 Å². The van der Waals surface area contributed by atoms with Gasteiger partial charge in [0.2, 0.25) is 0 Å². The number of nitrogens with two attached hydrogens (primary N) is 1. The smallest absolute Gasteiger partial charge is 0.152 e. The minimum Gasteiger partial charge on any atom is -0.494 e. The van der Waals surface area contributed by atoms with Gasteiger partial charge in [-0.25, -0.2) is 9.97 Å². The highest BCUT2D eigenvalue weighted by Gasteiger charge is 2.18. The van der Waals surface area contributed by atoms with E-state index in [0.29, 0.717) is 31.6 Å². The van der Waals surface area contributed by atoms with Crippen LogP contribution in [-0.2, 0) is 24.3 Å². The third-order valence-electron chi connectivity index (χ3n) is 5.20. The first-order valence-electron chi connectivity index (χ1n) is 11.1. The fraction of sp³-hybridized carbons (Fsp3) is 0.417. The Kier molecular flexibility index (Phi) is 6.80. The van der Waals surface area contributed by atoms with Gasteiger partial charge in [0, 0.05) is 43.2 Å². The molecule has 0 saturated heterocycles. The monoisotopic (exact) mass is 434 g/mol. The van der Waals surface area contributed by atoms with Crippen molar-refractivity contribution < 1.29 is 9.47 Å². The Balaban J connectivity index is 1.61. The van der Waals surface area contributed by atoms with Crippen LogP contribution in [0.2, 0.25) is 0 Å². The maximum Gasteiger partial charge on any atom is 0.152 e. The summed E-state index contributed by atoms with van der Waals surface area (Å²) in [5, 5.41) is 1.01. The van der Waals surface area contributed by atoms with Crippen molar-refractivity contribution in [3.8, 4) is 5.75 Å². The molecule has 4 rings (SSSR count). The lowest BCUT2D eigenvalue weighted by atomic mass is 10.1. The zero-order valence-corrected chi connectivity index (χ0v) is 18.9. The van der Waals surface area contributed by atoms with Crippen molar-refractivity contribution in [2.45, 2.75) is 46.8 Å². The summed E-state index contributed by atoms with van der Waals surface area (Å²) in [5.41, 5.74) is 9.82. The van der Waals surface area contributed by atoms with E-state index < -0.39 is 0 Å². The lowest BCUT2D eigenvalue weighted by molar-refractivity contribution is 0.125. The number of nitrogen functional groups attached to an aromatic ring is 1. The summed E-state index contributed by atoms with van der Waals surface area (Å²) >= 11 is 0. The predicted octanol–water partition coefficient (Wildman–Crippen LogP) is 4.16. The van der Waals surface area contributed by atoms with Gasteiger partial charge in [0.1, 0.15) is 23.7 Å². The fourth-order valence-electron chi connectivity index (χ4n) is 3.80. The molecule has 0 aliphatic heterocycles. The van der Waals surface area contributed by atoms with E-state index in [9.17, 15) is 0 Å². The van der Waals surface area contributed by atoms with Gasteiger partial charge >= 0.3 is 0 Å². The minimum absolute atomic E-state index is 0.424. The third-order valence-corrected chi connectivity index (χ3v) is 5.20. The molecule has 3 heterocycles. The van der Waals surface area contributed by atoms with Crippen LogP contribution in [0.5, 0.6) is 5.75 Å². The van der Waals surface area contributed by atoms with Gasteiger partial charge in [-0.1, -0.05) is 13.8 Å². The van der Waals surface area contributed by atoms with Gasteiger partial charge < -0.3 is 19.8 Å². The Hall–Kier alpha value is -3.26. The molecule has 0 saturated carbocycles. The molecule has 168 valence electrons. The van der Waals surface area contributed by atoms with E-state index in [4.69, 9.17) is 20.2 Å². The van der Waals surface area contributed by atoms with Crippen LogP contribution in [0, 0.1) is 5.92 Å². The number of benzene rings is 1. The van der Waals surface area contributed by atoms with Crippen LogP contribution in [0.15, 0.2) is 36.8 Å². The quantitative estimate of drug-likeness (QED) is 0.374. The summed E-state index contributed by atoms with van der Waals surface area (Å²) in [7, 11) is 0. The summed E-state index contributed by atoms with van der Waals surface area (Å²) in [5.74, 6) is 2.52. The van der Waals surface area contributed by atoms with Crippen LogP contribution in [0.25, 0.3) is 21.9 Å². The molecule has 0 fully saturated rings. The molecule has 0 aliphatic rings. The van der Waals surface area contributed by atoms with Crippen molar-refractivity contribution in [3.05, 3.63) is 48.3 Å². The number of rotatable bonds is 10. The van der Waals surface area contributed by atoms with E-state index in [1.165, 1.54) is 0 Å². The summed E-state index contributed by atoms with van der Waals surface area (Å²) < 4.78 is 13.8. The zero-order valence-electron chi connectivity index (χ0n) is 18.9. The standard InChI is InChI=1S/C24H30N6O2/c1-4-31-15-21-29-22-23(30(21)14-16(2)3)19-8-7-18(12-20(19)28-24(22)25)32-11-5-6-17-13-26-9-10-27-17/h7-10,12-13,16H,4-6,11,14-15H2,1-3H3,(H2,25,28). The number of ether oxygens (including phenoxy) is 2. The average Bonchev–Trinajstić information content (AvgIpc) is 3.14. The second kappa shape index (κ2) is 9.91. The van der Waals surface area contributed by atoms with Crippen molar-refractivity contribution in [3.63, 3.8) is 0 Å². The Labute approximate surface area is 187 Å². The molecule has 0 amide bonds. The van der Waals surface area contributed by atoms with Gasteiger partial charge in [0.15, 0.2) is 5.82 Å². The SMILES string of the molecule is CCOCc1nc2c(N)nc3cc(OCCCc4cnccn4)ccc3c2n1CC(C)C. The van der Waals surface area contributed by atoms with E-state index in [-0.39, 0.29) is 0 Å². The Morgan fingerprint density at radius 2 is 2.03 bits per heavy atom. The van der Waals surface area contributed by atoms with Gasteiger partial charge in [-0.2, -0.15) is 0 Å². The second-order valence-corrected chi connectivity index (χ2v) is 8.19. The summed E-state index contributed by atoms with van der Waals surface area (Å²) in [6.07, 6.45) is 6.85. The Bertz CT molecular complexity index is 1190. The first-order chi connectivity index (χ1) is 15.6. The van der Waals surface area contributed by atoms with E-state index in [0.717, 1.165) is 58.6 Å². The highest BCUT2D eigenvalue weighted by molar-refractivity contribution is 6.06. The molecule has 0 spiro atoms. The fourth-order valence-corrected chi connectivity index (χ4v) is 3.80. The van der Waals surface area contributed by atoms with Crippen LogP contribution in [0.1, 0.15) is 38.7 Å². The molecule has 0 atom stereocenters. The maximum atomic E-state index is 6.32. The van der Waals surface area contributed by atoms with Crippen LogP contribution in [0.4, 0.5) is 5.82 Å². The summed E-state index contributed by atoms with van der Waals surface area (Å²) in [4.78, 5) is 17.8. The highest BCUT2D eigenvalue weighted by atomic mass is 16.5. The highest BCUT2D eigenvalue weighted by Crippen LogP contribution is 2.31. The van der Waals surface area contributed by atoms with E-state index in [1.54, 1.807) is 18.6 Å². The number of hydrogen-bond acceptors (Lipinski definition) is 7. The van der Waals surface area contributed by atoms with Gasteiger partial charge in [0.05, 0.1) is 23.3 Å². The zero-order chi connectivity index (χ0) is 22.5. The number of aryl methyl sites for hydroxylation is 1. The van der Waals surface area contributed by atoms with Crippen molar-refractivity contribution in [1.82, 2.24) is 24.5 Å². The van der Waals surface area contributed by atoms with Crippen LogP contribution >= 0.6 is 0 Å². The maximum absolute atomic E-state index is 6.32. The van der Waals surface area contributed by atoms with Crippen molar-refractivity contribution in [2.75, 3.05) is 18.9 Å². The molecule has 8 heteroatoms. The van der Waals surface area contributed by atoms with Gasteiger partial charge in [0.25, 0.3) is 0 Å².